The Kier molecular flexibility index (Phi) is 22.8. The van der Waals surface area contributed by atoms with E-state index >= 15 is 0 Å². The molecule has 0 rings (SSSR count). The standard InChI is InChI=1S/C31H69N3O2Si/c1-10-21-32(22-11-2)27-17-31(18-28-33(23-12-3)24-13-4,19-29-34(25-14-5)26-15-6)20-30-37(16-7,35-8)36-9/h10-30H2,1-9H3. The van der Waals surface area contributed by atoms with E-state index in [0.29, 0.717) is 5.41 Å². The Bertz CT molecular complexity index is 428. The molecule has 0 saturated carbocycles. The highest BCUT2D eigenvalue weighted by Gasteiger charge is 2.39. The lowest BCUT2D eigenvalue weighted by atomic mass is 9.75. The zero-order chi connectivity index (χ0) is 28.0. The third kappa shape index (κ3) is 15.4. The molecule has 0 radical (unpaired) electrons. The number of hydrogen-bond donors (Lipinski definition) is 0. The normalized spacial score (nSPS) is 13.0. The van der Waals surface area contributed by atoms with Gasteiger partial charge in [-0.1, -0.05) is 48.5 Å². The second-order valence-corrected chi connectivity index (χ2v) is 15.3. The fraction of sp³-hybridized carbons (Fsp3) is 1.00. The zero-order valence-electron chi connectivity index (χ0n) is 27.0. The van der Waals surface area contributed by atoms with Crippen LogP contribution in [0.4, 0.5) is 0 Å². The molecule has 0 aromatic carbocycles. The largest absolute Gasteiger partial charge is 0.398 e. The van der Waals surface area contributed by atoms with Crippen LogP contribution in [-0.2, 0) is 8.85 Å². The van der Waals surface area contributed by atoms with Crippen LogP contribution in [0, 0.1) is 5.41 Å². The van der Waals surface area contributed by atoms with Gasteiger partial charge < -0.3 is 23.6 Å². The summed E-state index contributed by atoms with van der Waals surface area (Å²) in [5, 5.41) is 0. The molecule has 224 valence electrons. The first-order valence-electron chi connectivity index (χ1n) is 16.1. The quantitative estimate of drug-likeness (QED) is 0.0992. The first kappa shape index (κ1) is 37.0. The highest BCUT2D eigenvalue weighted by molar-refractivity contribution is 6.67. The van der Waals surface area contributed by atoms with Gasteiger partial charge >= 0.3 is 8.56 Å². The van der Waals surface area contributed by atoms with Crippen LogP contribution in [-0.4, -0.2) is 96.4 Å². The average molecular weight is 544 g/mol. The predicted molar refractivity (Wildman–Crippen MR) is 167 cm³/mol. The summed E-state index contributed by atoms with van der Waals surface area (Å²) in [6, 6.07) is 2.14. The molecule has 0 fully saturated rings. The number of rotatable bonds is 27. The summed E-state index contributed by atoms with van der Waals surface area (Å²) in [5.41, 5.74) is 0.337. The lowest BCUT2D eigenvalue weighted by Crippen LogP contribution is -2.43. The topological polar surface area (TPSA) is 28.2 Å². The maximum atomic E-state index is 6.13. The van der Waals surface area contributed by atoms with E-state index in [1.807, 2.05) is 14.2 Å². The van der Waals surface area contributed by atoms with Gasteiger partial charge in [-0.05, 0) is 141 Å². The van der Waals surface area contributed by atoms with Gasteiger partial charge in [0.25, 0.3) is 0 Å². The molecule has 0 bridgehead atoms. The predicted octanol–water partition coefficient (Wildman–Crippen LogP) is 7.65. The Balaban J connectivity index is 6.08. The minimum atomic E-state index is -2.13. The summed E-state index contributed by atoms with van der Waals surface area (Å²) in [5.74, 6) is 0. The van der Waals surface area contributed by atoms with Crippen LogP contribution in [0.2, 0.25) is 12.1 Å². The third-order valence-corrected chi connectivity index (χ3v) is 12.0. The van der Waals surface area contributed by atoms with Crippen molar-refractivity contribution in [3.8, 4) is 0 Å². The molecular formula is C31H69N3O2Si. The van der Waals surface area contributed by atoms with Crippen molar-refractivity contribution in [2.75, 3.05) is 73.1 Å². The van der Waals surface area contributed by atoms with Gasteiger partial charge in [-0.3, -0.25) is 0 Å². The van der Waals surface area contributed by atoms with Crippen molar-refractivity contribution < 1.29 is 8.85 Å². The Morgan fingerprint density at radius 2 is 0.757 bits per heavy atom. The van der Waals surface area contributed by atoms with E-state index in [-0.39, 0.29) is 0 Å². The SMILES string of the molecule is CCCN(CCC)CCC(CCN(CCC)CCC)(CCN(CCC)CCC)CC[Si](CC)(OC)OC. The minimum Gasteiger partial charge on any atom is -0.398 e. The van der Waals surface area contributed by atoms with Crippen LogP contribution < -0.4 is 0 Å². The van der Waals surface area contributed by atoms with Crippen LogP contribution in [0.1, 0.15) is 113 Å². The van der Waals surface area contributed by atoms with Crippen molar-refractivity contribution in [1.82, 2.24) is 14.7 Å². The van der Waals surface area contributed by atoms with Gasteiger partial charge in [-0.15, -0.1) is 0 Å². The first-order valence-corrected chi connectivity index (χ1v) is 18.4. The number of nitrogens with zero attached hydrogens (tertiary/aromatic N) is 3. The smallest absolute Gasteiger partial charge is 0.337 e. The molecule has 6 heteroatoms. The van der Waals surface area contributed by atoms with Crippen molar-refractivity contribution in [1.29, 1.82) is 0 Å². The van der Waals surface area contributed by atoms with Gasteiger partial charge in [-0.2, -0.15) is 0 Å². The van der Waals surface area contributed by atoms with Gasteiger partial charge in [0.2, 0.25) is 0 Å². The highest BCUT2D eigenvalue weighted by atomic mass is 28.4. The molecule has 0 unspecified atom stereocenters. The van der Waals surface area contributed by atoms with Crippen molar-refractivity contribution in [2.24, 2.45) is 5.41 Å². The molecule has 0 spiro atoms. The minimum absolute atomic E-state index is 0.337. The molecule has 0 saturated heterocycles. The first-order chi connectivity index (χ1) is 17.9. The van der Waals surface area contributed by atoms with E-state index in [9.17, 15) is 0 Å². The maximum absolute atomic E-state index is 6.13. The summed E-state index contributed by atoms with van der Waals surface area (Å²) in [7, 11) is 1.65. The molecule has 37 heavy (non-hydrogen) atoms. The van der Waals surface area contributed by atoms with Crippen LogP contribution >= 0.6 is 0 Å². The second-order valence-electron chi connectivity index (χ2n) is 11.4. The molecule has 0 atom stereocenters. The monoisotopic (exact) mass is 544 g/mol. The summed E-state index contributed by atoms with van der Waals surface area (Å²) in [6.45, 7) is 27.3. The van der Waals surface area contributed by atoms with E-state index in [0.717, 1.165) is 12.1 Å². The van der Waals surface area contributed by atoms with Crippen LogP contribution in [0.5, 0.6) is 0 Å². The van der Waals surface area contributed by atoms with Crippen LogP contribution in [0.15, 0.2) is 0 Å². The third-order valence-electron chi connectivity index (χ3n) is 8.43. The Labute approximate surface area is 235 Å². The van der Waals surface area contributed by atoms with Gasteiger partial charge in [0.1, 0.15) is 0 Å². The molecule has 0 aromatic rings. The second kappa shape index (κ2) is 22.8. The molecule has 5 nitrogen and oxygen atoms in total. The molecule has 0 heterocycles. The molecule has 0 aliphatic heterocycles. The summed E-state index contributed by atoms with van der Waals surface area (Å²) in [6.07, 6.45) is 12.6. The van der Waals surface area contributed by atoms with Crippen LogP contribution in [0.25, 0.3) is 0 Å². The van der Waals surface area contributed by atoms with Gasteiger partial charge in [0.15, 0.2) is 0 Å². The van der Waals surface area contributed by atoms with E-state index in [2.05, 4.69) is 63.2 Å². The Hall–Kier alpha value is 0.0169. The average Bonchev–Trinajstić information content (AvgIpc) is 2.90. The maximum Gasteiger partial charge on any atom is 0.337 e. The van der Waals surface area contributed by atoms with Gasteiger partial charge in [0, 0.05) is 14.2 Å². The zero-order valence-corrected chi connectivity index (χ0v) is 28.0. The van der Waals surface area contributed by atoms with Crippen molar-refractivity contribution in [3.63, 3.8) is 0 Å². The fourth-order valence-electron chi connectivity index (χ4n) is 6.05. The molecule has 0 aliphatic rings. The molecule has 0 N–H and O–H groups in total. The van der Waals surface area contributed by atoms with Gasteiger partial charge in [-0.25, -0.2) is 0 Å². The van der Waals surface area contributed by atoms with Crippen molar-refractivity contribution in [3.05, 3.63) is 0 Å². The van der Waals surface area contributed by atoms with E-state index in [1.54, 1.807) is 0 Å². The van der Waals surface area contributed by atoms with Gasteiger partial charge in [0.05, 0.1) is 0 Å². The summed E-state index contributed by atoms with van der Waals surface area (Å²) in [4.78, 5) is 8.20. The van der Waals surface area contributed by atoms with Crippen molar-refractivity contribution in [2.45, 2.75) is 125 Å². The molecule has 0 aliphatic carbocycles. The molecule has 0 aromatic heterocycles. The lowest BCUT2D eigenvalue weighted by Gasteiger charge is -2.41. The molecule has 0 amide bonds. The Morgan fingerprint density at radius 1 is 0.459 bits per heavy atom. The summed E-state index contributed by atoms with van der Waals surface area (Å²) >= 11 is 0. The van der Waals surface area contributed by atoms with E-state index in [4.69, 9.17) is 8.85 Å². The highest BCUT2D eigenvalue weighted by Crippen LogP contribution is 2.40. The Morgan fingerprint density at radius 3 is 0.973 bits per heavy atom. The summed E-state index contributed by atoms with van der Waals surface area (Å²) < 4.78 is 12.3. The lowest BCUT2D eigenvalue weighted by molar-refractivity contribution is 0.111. The van der Waals surface area contributed by atoms with E-state index < -0.39 is 8.56 Å². The van der Waals surface area contributed by atoms with Crippen LogP contribution in [0.3, 0.4) is 0 Å². The number of hydrogen-bond acceptors (Lipinski definition) is 5. The van der Waals surface area contributed by atoms with E-state index in [1.165, 1.54) is 123 Å². The fourth-order valence-corrected chi connectivity index (χ4v) is 8.47. The molecular weight excluding hydrogens is 474 g/mol. The van der Waals surface area contributed by atoms with Crippen molar-refractivity contribution >= 4 is 8.56 Å².